The molecule has 0 aromatic heterocycles. The summed E-state index contributed by atoms with van der Waals surface area (Å²) < 4.78 is 5.13. The Bertz CT molecular complexity index is 496. The fraction of sp³-hybridized carbons (Fsp3) is 0.143. The number of nitrogens with two attached hydrogens (primary N) is 1. The minimum atomic E-state index is -0.0619. The summed E-state index contributed by atoms with van der Waals surface area (Å²) in [5.74, 6) is 6.46. The summed E-state index contributed by atoms with van der Waals surface area (Å²) in [6.45, 7) is 0. The van der Waals surface area contributed by atoms with Crippen molar-refractivity contribution < 1.29 is 4.74 Å². The number of hydrazine groups is 1. The first kappa shape index (κ1) is 12.9. The largest absolute Gasteiger partial charge is 0.497 e. The van der Waals surface area contributed by atoms with Gasteiger partial charge in [0.25, 0.3) is 0 Å². The van der Waals surface area contributed by atoms with E-state index < -0.39 is 0 Å². The molecule has 2 rings (SSSR count). The number of halogens is 1. The third-order valence-corrected chi connectivity index (χ3v) is 3.07. The number of benzene rings is 2. The van der Waals surface area contributed by atoms with Crippen LogP contribution in [0.15, 0.2) is 48.5 Å². The number of hydrogen-bond donors (Lipinski definition) is 2. The van der Waals surface area contributed by atoms with Gasteiger partial charge in [0.05, 0.1) is 13.2 Å². The van der Waals surface area contributed by atoms with Crippen molar-refractivity contribution >= 4 is 11.6 Å². The number of methoxy groups -OCH3 is 1. The van der Waals surface area contributed by atoms with E-state index in [0.29, 0.717) is 5.02 Å². The molecule has 0 fully saturated rings. The molecule has 3 nitrogen and oxygen atoms in total. The van der Waals surface area contributed by atoms with E-state index in [-0.39, 0.29) is 6.04 Å². The molecule has 0 aliphatic carbocycles. The number of rotatable bonds is 4. The van der Waals surface area contributed by atoms with Crippen molar-refractivity contribution in [2.75, 3.05) is 7.11 Å². The van der Waals surface area contributed by atoms with Crippen LogP contribution < -0.4 is 16.0 Å². The zero-order chi connectivity index (χ0) is 13.0. The average molecular weight is 263 g/mol. The Morgan fingerprint density at radius 3 is 1.94 bits per heavy atom. The Labute approximate surface area is 111 Å². The summed E-state index contributed by atoms with van der Waals surface area (Å²) in [4.78, 5) is 0. The highest BCUT2D eigenvalue weighted by Crippen LogP contribution is 2.24. The van der Waals surface area contributed by atoms with Crippen LogP contribution in [0.25, 0.3) is 0 Å². The minimum Gasteiger partial charge on any atom is -0.497 e. The van der Waals surface area contributed by atoms with Gasteiger partial charge in [-0.05, 0) is 35.4 Å². The van der Waals surface area contributed by atoms with Gasteiger partial charge in [-0.25, -0.2) is 5.43 Å². The number of ether oxygens (including phenoxy) is 1. The van der Waals surface area contributed by atoms with Crippen LogP contribution in [0.5, 0.6) is 5.75 Å². The van der Waals surface area contributed by atoms with E-state index in [1.807, 2.05) is 48.5 Å². The molecule has 2 aromatic carbocycles. The van der Waals surface area contributed by atoms with E-state index in [1.165, 1.54) is 0 Å². The fourth-order valence-corrected chi connectivity index (χ4v) is 1.96. The summed E-state index contributed by atoms with van der Waals surface area (Å²) in [5, 5.41) is 0.712. The molecule has 0 aliphatic heterocycles. The smallest absolute Gasteiger partial charge is 0.118 e. The zero-order valence-electron chi connectivity index (χ0n) is 10.1. The summed E-state index contributed by atoms with van der Waals surface area (Å²) in [5.41, 5.74) is 4.94. The van der Waals surface area contributed by atoms with Crippen molar-refractivity contribution in [1.29, 1.82) is 0 Å². The first-order valence-electron chi connectivity index (χ1n) is 5.60. The van der Waals surface area contributed by atoms with Crippen LogP contribution in [0.1, 0.15) is 17.2 Å². The molecule has 0 spiro atoms. The predicted octanol–water partition coefficient (Wildman–Crippen LogP) is 2.90. The van der Waals surface area contributed by atoms with E-state index in [0.717, 1.165) is 16.9 Å². The van der Waals surface area contributed by atoms with Crippen LogP contribution in [0.2, 0.25) is 5.02 Å². The molecule has 3 N–H and O–H groups in total. The van der Waals surface area contributed by atoms with Crippen LogP contribution in [0.4, 0.5) is 0 Å². The topological polar surface area (TPSA) is 47.3 Å². The van der Waals surface area contributed by atoms with Crippen LogP contribution in [0, 0.1) is 0 Å². The predicted molar refractivity (Wildman–Crippen MR) is 73.6 cm³/mol. The zero-order valence-corrected chi connectivity index (χ0v) is 10.8. The van der Waals surface area contributed by atoms with Crippen LogP contribution in [0.3, 0.4) is 0 Å². The standard InChI is InChI=1S/C14H15ClN2O/c1-18-13-8-4-11(5-9-13)14(17-16)10-2-6-12(15)7-3-10/h2-9,14,17H,16H2,1H3/t14-/m1/s1. The Balaban J connectivity index is 2.29. The lowest BCUT2D eigenvalue weighted by atomic mass is 9.99. The fourth-order valence-electron chi connectivity index (χ4n) is 1.84. The molecule has 94 valence electrons. The highest BCUT2D eigenvalue weighted by atomic mass is 35.5. The summed E-state index contributed by atoms with van der Waals surface area (Å²) in [6.07, 6.45) is 0. The van der Waals surface area contributed by atoms with Gasteiger partial charge in [-0.3, -0.25) is 5.84 Å². The molecule has 0 saturated carbocycles. The molecular formula is C14H15ClN2O. The number of hydrogen-bond acceptors (Lipinski definition) is 3. The van der Waals surface area contributed by atoms with E-state index in [2.05, 4.69) is 5.43 Å². The summed E-state index contributed by atoms with van der Waals surface area (Å²) in [7, 11) is 1.65. The van der Waals surface area contributed by atoms with E-state index in [4.69, 9.17) is 22.2 Å². The molecular weight excluding hydrogens is 248 g/mol. The molecule has 2 aromatic rings. The van der Waals surface area contributed by atoms with Gasteiger partial charge in [-0.15, -0.1) is 0 Å². The van der Waals surface area contributed by atoms with Crippen molar-refractivity contribution in [3.63, 3.8) is 0 Å². The lowest BCUT2D eigenvalue weighted by Gasteiger charge is -2.17. The second kappa shape index (κ2) is 5.87. The number of nitrogens with one attached hydrogen (secondary N) is 1. The second-order valence-electron chi connectivity index (χ2n) is 3.92. The van der Waals surface area contributed by atoms with Gasteiger partial charge in [-0.1, -0.05) is 35.9 Å². The lowest BCUT2D eigenvalue weighted by molar-refractivity contribution is 0.414. The van der Waals surface area contributed by atoms with Crippen molar-refractivity contribution in [2.45, 2.75) is 6.04 Å². The Hall–Kier alpha value is -1.55. The van der Waals surface area contributed by atoms with Crippen molar-refractivity contribution in [3.8, 4) is 5.75 Å². The molecule has 18 heavy (non-hydrogen) atoms. The second-order valence-corrected chi connectivity index (χ2v) is 4.36. The molecule has 0 heterocycles. The SMILES string of the molecule is COc1ccc([C@H](NN)c2ccc(Cl)cc2)cc1. The molecule has 0 radical (unpaired) electrons. The molecule has 1 atom stereocenters. The van der Waals surface area contributed by atoms with Crippen molar-refractivity contribution in [1.82, 2.24) is 5.43 Å². The average Bonchev–Trinajstić information content (AvgIpc) is 2.42. The van der Waals surface area contributed by atoms with Gasteiger partial charge in [0.15, 0.2) is 0 Å². The maximum Gasteiger partial charge on any atom is 0.118 e. The van der Waals surface area contributed by atoms with Crippen LogP contribution in [-0.2, 0) is 0 Å². The van der Waals surface area contributed by atoms with E-state index in [9.17, 15) is 0 Å². The highest BCUT2D eigenvalue weighted by molar-refractivity contribution is 6.30. The monoisotopic (exact) mass is 262 g/mol. The maximum atomic E-state index is 5.88. The third kappa shape index (κ3) is 2.82. The van der Waals surface area contributed by atoms with Gasteiger partial charge in [0.1, 0.15) is 5.75 Å². The van der Waals surface area contributed by atoms with Gasteiger partial charge < -0.3 is 4.74 Å². The summed E-state index contributed by atoms with van der Waals surface area (Å²) >= 11 is 5.88. The van der Waals surface area contributed by atoms with Crippen molar-refractivity contribution in [2.24, 2.45) is 5.84 Å². The van der Waals surface area contributed by atoms with Gasteiger partial charge in [0.2, 0.25) is 0 Å². The minimum absolute atomic E-state index is 0.0619. The van der Waals surface area contributed by atoms with Gasteiger partial charge >= 0.3 is 0 Å². The van der Waals surface area contributed by atoms with Crippen molar-refractivity contribution in [3.05, 3.63) is 64.7 Å². The normalized spacial score (nSPS) is 12.2. The van der Waals surface area contributed by atoms with E-state index in [1.54, 1.807) is 7.11 Å². The van der Waals surface area contributed by atoms with Gasteiger partial charge in [-0.2, -0.15) is 0 Å². The Kier molecular flexibility index (Phi) is 4.20. The van der Waals surface area contributed by atoms with Crippen LogP contribution >= 0.6 is 11.6 Å². The molecule has 4 heteroatoms. The third-order valence-electron chi connectivity index (χ3n) is 2.82. The Morgan fingerprint density at radius 1 is 1.00 bits per heavy atom. The van der Waals surface area contributed by atoms with Gasteiger partial charge in [0, 0.05) is 5.02 Å². The first-order chi connectivity index (χ1) is 8.74. The van der Waals surface area contributed by atoms with Crippen LogP contribution in [-0.4, -0.2) is 7.11 Å². The first-order valence-corrected chi connectivity index (χ1v) is 5.98. The Morgan fingerprint density at radius 2 is 1.50 bits per heavy atom. The highest BCUT2D eigenvalue weighted by Gasteiger charge is 2.12. The molecule has 0 unspecified atom stereocenters. The summed E-state index contributed by atoms with van der Waals surface area (Å²) in [6, 6.07) is 15.3. The lowest BCUT2D eigenvalue weighted by Crippen LogP contribution is -2.28. The quantitative estimate of drug-likeness (QED) is 0.658. The molecule has 0 bridgehead atoms. The molecule has 0 amide bonds. The van der Waals surface area contributed by atoms with E-state index >= 15 is 0 Å². The molecule has 0 saturated heterocycles. The molecule has 0 aliphatic rings. The maximum absolute atomic E-state index is 5.88.